The monoisotopic (exact) mass is 378 g/mol. The van der Waals surface area contributed by atoms with Crippen LogP contribution in [0.3, 0.4) is 0 Å². The fourth-order valence-corrected chi connectivity index (χ4v) is 4.02. The van der Waals surface area contributed by atoms with Gasteiger partial charge in [0.25, 0.3) is 0 Å². The number of amidine groups is 1. The first-order chi connectivity index (χ1) is 14.3. The Morgan fingerprint density at radius 1 is 0.966 bits per heavy atom. The fourth-order valence-electron chi connectivity index (χ4n) is 4.02. The van der Waals surface area contributed by atoms with E-state index in [-0.39, 0.29) is 5.54 Å². The van der Waals surface area contributed by atoms with E-state index < -0.39 is 0 Å². The molecule has 3 heterocycles. The molecule has 0 saturated heterocycles. The largest absolute Gasteiger partial charge is 0.367 e. The molecule has 0 aliphatic carbocycles. The highest BCUT2D eigenvalue weighted by Crippen LogP contribution is 2.34. The van der Waals surface area contributed by atoms with Gasteiger partial charge in [-0.1, -0.05) is 67.6 Å². The molecule has 0 saturated carbocycles. The maximum Gasteiger partial charge on any atom is 0.130 e. The van der Waals surface area contributed by atoms with Crippen LogP contribution in [0.4, 0.5) is 0 Å². The Labute approximate surface area is 170 Å². The molecule has 0 radical (unpaired) electrons. The second kappa shape index (κ2) is 7.13. The summed E-state index contributed by atoms with van der Waals surface area (Å²) in [6.45, 7) is 2.98. The molecule has 1 atom stereocenters. The molecular weight excluding hydrogens is 356 g/mol. The van der Waals surface area contributed by atoms with Crippen molar-refractivity contribution in [3.63, 3.8) is 0 Å². The third kappa shape index (κ3) is 3.07. The number of hydrogen-bond acceptors (Lipinski definition) is 4. The van der Waals surface area contributed by atoms with Crippen LogP contribution < -0.4 is 5.32 Å². The Hall–Kier alpha value is -3.53. The molecule has 0 bridgehead atoms. The molecule has 1 unspecified atom stereocenters. The van der Waals surface area contributed by atoms with Gasteiger partial charge >= 0.3 is 0 Å². The van der Waals surface area contributed by atoms with Crippen LogP contribution in [-0.2, 0) is 5.54 Å². The van der Waals surface area contributed by atoms with Gasteiger partial charge in [0.05, 0.1) is 11.2 Å². The van der Waals surface area contributed by atoms with E-state index in [9.17, 15) is 0 Å². The summed E-state index contributed by atoms with van der Waals surface area (Å²) in [5.74, 6) is 0.910. The van der Waals surface area contributed by atoms with Gasteiger partial charge in [-0.05, 0) is 24.1 Å². The predicted octanol–water partition coefficient (Wildman–Crippen LogP) is 4.95. The Balaban J connectivity index is 1.69. The average molecular weight is 378 g/mol. The van der Waals surface area contributed by atoms with E-state index in [1.165, 1.54) is 5.56 Å². The van der Waals surface area contributed by atoms with E-state index in [1.807, 2.05) is 36.5 Å². The van der Waals surface area contributed by atoms with Crippen LogP contribution >= 0.6 is 0 Å². The van der Waals surface area contributed by atoms with Crippen LogP contribution in [0, 0.1) is 0 Å². The van der Waals surface area contributed by atoms with Gasteiger partial charge in [0.2, 0.25) is 0 Å². The number of benzene rings is 2. The first-order valence-corrected chi connectivity index (χ1v) is 9.99. The molecular formula is C25H22N4. The predicted molar refractivity (Wildman–Crippen MR) is 118 cm³/mol. The Kier molecular flexibility index (Phi) is 4.32. The highest BCUT2D eigenvalue weighted by atomic mass is 15.1. The van der Waals surface area contributed by atoms with Gasteiger partial charge in [-0.2, -0.15) is 0 Å². The van der Waals surface area contributed by atoms with Gasteiger partial charge in [0, 0.05) is 35.5 Å². The van der Waals surface area contributed by atoms with Gasteiger partial charge < -0.3 is 5.32 Å². The standard InChI is InChI=1S/C25H22N4/c1-2-25(19-11-7-4-8-12-19)17-27-24(29-25)20-15-23(18-9-5-3-6-10-18)28-22-13-14-26-16-21(20)22/h3-16H,2,17H2,1H3,(H,27,29). The van der Waals surface area contributed by atoms with E-state index in [0.29, 0.717) is 0 Å². The quantitative estimate of drug-likeness (QED) is 0.546. The molecule has 4 aromatic rings. The highest BCUT2D eigenvalue weighted by Gasteiger charge is 2.35. The molecule has 0 fully saturated rings. The fraction of sp³-hybridized carbons (Fsp3) is 0.160. The number of hydrogen-bond donors (Lipinski definition) is 1. The third-order valence-corrected chi connectivity index (χ3v) is 5.70. The van der Waals surface area contributed by atoms with Gasteiger partial charge in [-0.25, -0.2) is 4.98 Å². The number of nitrogens with one attached hydrogen (secondary N) is 1. The number of nitrogens with zero attached hydrogens (tertiary/aromatic N) is 3. The number of pyridine rings is 2. The molecule has 4 nitrogen and oxygen atoms in total. The van der Waals surface area contributed by atoms with Gasteiger partial charge in [-0.15, -0.1) is 0 Å². The van der Waals surface area contributed by atoms with E-state index in [1.54, 1.807) is 6.20 Å². The van der Waals surface area contributed by atoms with Crippen molar-refractivity contribution < 1.29 is 0 Å². The zero-order valence-corrected chi connectivity index (χ0v) is 16.3. The number of fused-ring (bicyclic) bond motifs is 1. The minimum absolute atomic E-state index is 0.249. The van der Waals surface area contributed by atoms with Crippen LogP contribution in [-0.4, -0.2) is 22.3 Å². The van der Waals surface area contributed by atoms with E-state index in [4.69, 9.17) is 9.98 Å². The van der Waals surface area contributed by atoms with Crippen molar-refractivity contribution in [2.75, 3.05) is 6.54 Å². The number of aliphatic imine (C=N–C) groups is 1. The van der Waals surface area contributed by atoms with Crippen molar-refractivity contribution >= 4 is 16.7 Å². The smallest absolute Gasteiger partial charge is 0.130 e. The zero-order chi connectivity index (χ0) is 19.7. The van der Waals surface area contributed by atoms with Crippen LogP contribution in [0.2, 0.25) is 0 Å². The van der Waals surface area contributed by atoms with E-state index >= 15 is 0 Å². The van der Waals surface area contributed by atoms with E-state index in [2.05, 4.69) is 59.7 Å². The summed E-state index contributed by atoms with van der Waals surface area (Å²) in [7, 11) is 0. The lowest BCUT2D eigenvalue weighted by Gasteiger charge is -2.23. The lowest BCUT2D eigenvalue weighted by atomic mass is 9.88. The second-order valence-corrected chi connectivity index (χ2v) is 7.38. The Morgan fingerprint density at radius 3 is 2.48 bits per heavy atom. The third-order valence-electron chi connectivity index (χ3n) is 5.70. The average Bonchev–Trinajstić information content (AvgIpc) is 3.25. The summed E-state index contributed by atoms with van der Waals surface area (Å²) in [4.78, 5) is 14.4. The molecule has 0 spiro atoms. The minimum atomic E-state index is -0.249. The molecule has 4 heteroatoms. The lowest BCUT2D eigenvalue weighted by Crippen LogP contribution is -2.29. The van der Waals surface area contributed by atoms with Crippen LogP contribution in [0.15, 0.2) is 90.2 Å². The molecule has 5 rings (SSSR count). The maximum atomic E-state index is 5.21. The van der Waals surface area contributed by atoms with Gasteiger partial charge in [0.1, 0.15) is 11.4 Å². The number of rotatable bonds is 4. The lowest BCUT2D eigenvalue weighted by molar-refractivity contribution is 0.455. The molecule has 1 aliphatic heterocycles. The zero-order valence-electron chi connectivity index (χ0n) is 16.3. The minimum Gasteiger partial charge on any atom is -0.367 e. The first-order valence-electron chi connectivity index (χ1n) is 9.99. The molecule has 0 amide bonds. The first kappa shape index (κ1) is 17.6. The molecule has 29 heavy (non-hydrogen) atoms. The maximum absolute atomic E-state index is 5.21. The van der Waals surface area contributed by atoms with Crippen molar-refractivity contribution in [1.82, 2.24) is 15.3 Å². The summed E-state index contributed by atoms with van der Waals surface area (Å²) in [5.41, 5.74) is 5.00. The molecule has 2 aromatic heterocycles. The van der Waals surface area contributed by atoms with Gasteiger partial charge in [0.15, 0.2) is 0 Å². The summed E-state index contributed by atoms with van der Waals surface area (Å²) >= 11 is 0. The SMILES string of the molecule is CCC1(c2ccccc2)CNC(c2cc(-c3ccccc3)nc3ccncc23)=N1. The summed E-state index contributed by atoms with van der Waals surface area (Å²) < 4.78 is 0. The van der Waals surface area contributed by atoms with E-state index in [0.717, 1.165) is 46.5 Å². The molecule has 2 aromatic carbocycles. The topological polar surface area (TPSA) is 50.2 Å². The van der Waals surface area contributed by atoms with Gasteiger partial charge in [-0.3, -0.25) is 9.98 Å². The molecule has 1 aliphatic rings. The summed E-state index contributed by atoms with van der Waals surface area (Å²) in [5, 5.41) is 4.59. The van der Waals surface area contributed by atoms with Crippen LogP contribution in [0.25, 0.3) is 22.2 Å². The van der Waals surface area contributed by atoms with Crippen molar-refractivity contribution in [3.8, 4) is 11.3 Å². The summed E-state index contributed by atoms with van der Waals surface area (Å²) in [6.07, 6.45) is 4.60. The highest BCUT2D eigenvalue weighted by molar-refractivity contribution is 6.10. The summed E-state index contributed by atoms with van der Waals surface area (Å²) in [6, 6.07) is 24.9. The van der Waals surface area contributed by atoms with Crippen molar-refractivity contribution in [3.05, 3.63) is 96.3 Å². The van der Waals surface area contributed by atoms with Crippen molar-refractivity contribution in [2.45, 2.75) is 18.9 Å². The van der Waals surface area contributed by atoms with Crippen molar-refractivity contribution in [2.24, 2.45) is 4.99 Å². The molecule has 1 N–H and O–H groups in total. The Morgan fingerprint density at radius 2 is 1.72 bits per heavy atom. The second-order valence-electron chi connectivity index (χ2n) is 7.38. The Bertz CT molecular complexity index is 1190. The van der Waals surface area contributed by atoms with Crippen LogP contribution in [0.1, 0.15) is 24.5 Å². The van der Waals surface area contributed by atoms with Crippen LogP contribution in [0.5, 0.6) is 0 Å². The van der Waals surface area contributed by atoms with Crippen molar-refractivity contribution in [1.29, 1.82) is 0 Å². The normalized spacial score (nSPS) is 18.4. The molecule has 142 valence electrons. The number of aromatic nitrogens is 2.